The summed E-state index contributed by atoms with van der Waals surface area (Å²) in [5.41, 5.74) is 13.2. The summed E-state index contributed by atoms with van der Waals surface area (Å²) in [6, 6.07) is 9.49. The summed E-state index contributed by atoms with van der Waals surface area (Å²) < 4.78 is 47.1. The average Bonchev–Trinajstić information content (AvgIpc) is 2.70. The van der Waals surface area contributed by atoms with Crippen molar-refractivity contribution in [3.05, 3.63) is 47.5 Å². The van der Waals surface area contributed by atoms with E-state index < -0.39 is 42.9 Å². The fraction of sp³-hybridized carbons (Fsp3) is 0.429. The topological polar surface area (TPSA) is 161 Å². The van der Waals surface area contributed by atoms with Crippen LogP contribution in [0.4, 0.5) is 11.4 Å². The van der Waals surface area contributed by atoms with Crippen molar-refractivity contribution < 1.29 is 27.0 Å². The summed E-state index contributed by atoms with van der Waals surface area (Å²) in [6.45, 7) is 7.05. The van der Waals surface area contributed by atoms with Crippen LogP contribution in [0.2, 0.25) is 0 Å². The molecule has 8 nitrogen and oxygen atoms in total. The number of hydrogen-bond acceptors (Lipinski definition) is 8. The Morgan fingerprint density at radius 3 is 1.71 bits per heavy atom. The minimum absolute atomic E-state index is 0.187. The lowest BCUT2D eigenvalue weighted by molar-refractivity contribution is 0.258. The Morgan fingerprint density at radius 1 is 0.871 bits per heavy atom. The van der Waals surface area contributed by atoms with Crippen molar-refractivity contribution in [3.63, 3.8) is 0 Å². The highest BCUT2D eigenvalue weighted by molar-refractivity contribution is 7.93. The number of nitrogen functional groups attached to an aromatic ring is 2. The normalized spacial score (nSPS) is 13.3. The van der Waals surface area contributed by atoms with Gasteiger partial charge in [-0.05, 0) is 70.0 Å². The van der Waals surface area contributed by atoms with Gasteiger partial charge in [0, 0.05) is 11.4 Å². The second-order valence-corrected chi connectivity index (χ2v) is 12.9. The molecule has 2 aromatic rings. The minimum atomic E-state index is -3.57. The Bertz CT molecular complexity index is 1130. The quantitative estimate of drug-likeness (QED) is 0.463. The smallest absolute Gasteiger partial charge is 0.186 e. The van der Waals surface area contributed by atoms with E-state index in [9.17, 15) is 16.8 Å². The molecule has 0 fully saturated rings. The molecular weight excluding hydrogens is 440 g/mol. The van der Waals surface area contributed by atoms with Gasteiger partial charge in [0.1, 0.15) is 0 Å². The van der Waals surface area contributed by atoms with Crippen LogP contribution in [0, 0.1) is 13.8 Å². The van der Waals surface area contributed by atoms with E-state index in [2.05, 4.69) is 0 Å². The summed E-state index contributed by atoms with van der Waals surface area (Å²) in [6.07, 6.45) is 0. The van der Waals surface area contributed by atoms with Gasteiger partial charge < -0.3 is 21.7 Å². The predicted molar refractivity (Wildman–Crippen MR) is 123 cm³/mol. The third-order valence-corrected chi connectivity index (χ3v) is 9.78. The maximum Gasteiger partial charge on any atom is 0.186 e. The molecule has 0 saturated carbocycles. The van der Waals surface area contributed by atoms with E-state index in [1.807, 2.05) is 0 Å². The van der Waals surface area contributed by atoms with Crippen LogP contribution in [0.3, 0.4) is 0 Å². The van der Waals surface area contributed by atoms with Crippen molar-refractivity contribution in [2.75, 3.05) is 24.7 Å². The second kappa shape index (κ2) is 9.99. The summed E-state index contributed by atoms with van der Waals surface area (Å²) in [5.74, 6) is 0. The lowest BCUT2D eigenvalue weighted by Gasteiger charge is -2.23. The van der Waals surface area contributed by atoms with Crippen LogP contribution in [0.25, 0.3) is 0 Å². The van der Waals surface area contributed by atoms with Gasteiger partial charge >= 0.3 is 0 Å². The number of aliphatic hydroxyl groups excluding tert-OH is 2. The standard InChI is InChI=1S/C11H17NO3S.C10H15NO3S/c1-8-4-5-9(12)6-10(8)16(14,15)11(2,3)7-13;1-7-3-4-9(11)5-10(7)15(13,14)8(2)6-12/h4-6,13H,7,12H2,1-3H3;3-5,8,12H,6,11H2,1-2H3. The lowest BCUT2D eigenvalue weighted by Crippen LogP contribution is -2.36. The molecule has 6 N–H and O–H groups in total. The van der Waals surface area contributed by atoms with Crippen molar-refractivity contribution in [1.29, 1.82) is 0 Å². The van der Waals surface area contributed by atoms with Crippen LogP contribution >= 0.6 is 0 Å². The number of rotatable bonds is 6. The number of hydrogen-bond donors (Lipinski definition) is 4. The molecule has 2 rings (SSSR count). The van der Waals surface area contributed by atoms with Crippen LogP contribution in [0.5, 0.6) is 0 Å². The van der Waals surface area contributed by atoms with Gasteiger partial charge in [-0.15, -0.1) is 0 Å². The van der Waals surface area contributed by atoms with Gasteiger partial charge in [-0.1, -0.05) is 12.1 Å². The molecule has 0 bridgehead atoms. The molecule has 1 unspecified atom stereocenters. The summed E-state index contributed by atoms with van der Waals surface area (Å²) >= 11 is 0. The zero-order valence-corrected chi connectivity index (χ0v) is 20.1. The van der Waals surface area contributed by atoms with E-state index in [1.165, 1.54) is 32.9 Å². The molecule has 0 aromatic heterocycles. The molecule has 0 aliphatic heterocycles. The molecule has 0 spiro atoms. The predicted octanol–water partition coefficient (Wildman–Crippen LogP) is 1.85. The minimum Gasteiger partial charge on any atom is -0.399 e. The van der Waals surface area contributed by atoms with Crippen molar-refractivity contribution >= 4 is 31.0 Å². The summed E-state index contributed by atoms with van der Waals surface area (Å²) in [7, 11) is -7.04. The number of sulfone groups is 2. The molecule has 1 atom stereocenters. The summed E-state index contributed by atoms with van der Waals surface area (Å²) in [4.78, 5) is 0.385. The third kappa shape index (κ3) is 5.97. The molecule has 10 heteroatoms. The number of nitrogens with two attached hydrogens (primary N) is 2. The van der Waals surface area contributed by atoms with Crippen LogP contribution in [-0.4, -0.2) is 50.3 Å². The first kappa shape index (κ1) is 26.9. The van der Waals surface area contributed by atoms with Gasteiger partial charge in [-0.3, -0.25) is 0 Å². The highest BCUT2D eigenvalue weighted by atomic mass is 32.2. The molecule has 0 saturated heterocycles. The molecule has 0 aliphatic carbocycles. The van der Waals surface area contributed by atoms with Gasteiger partial charge in [-0.25, -0.2) is 16.8 Å². The average molecular weight is 473 g/mol. The fourth-order valence-corrected chi connectivity index (χ4v) is 5.52. The summed E-state index contributed by atoms with van der Waals surface area (Å²) in [5, 5.41) is 17.2. The van der Waals surface area contributed by atoms with E-state index in [4.69, 9.17) is 21.7 Å². The van der Waals surface area contributed by atoms with E-state index in [0.29, 0.717) is 22.5 Å². The molecule has 174 valence electrons. The third-order valence-electron chi connectivity index (χ3n) is 4.92. The Labute approximate surface area is 184 Å². The first-order valence-electron chi connectivity index (χ1n) is 9.54. The van der Waals surface area contributed by atoms with Crippen molar-refractivity contribution in [1.82, 2.24) is 0 Å². The molecule has 0 radical (unpaired) electrons. The lowest BCUT2D eigenvalue weighted by atomic mass is 10.2. The molecule has 0 aliphatic rings. The van der Waals surface area contributed by atoms with E-state index >= 15 is 0 Å². The SMILES string of the molecule is Cc1ccc(N)cc1S(=O)(=O)C(C)(C)CO.Cc1ccc(N)cc1S(=O)(=O)C(C)CO. The molecule has 0 heterocycles. The number of aryl methyl sites for hydroxylation is 2. The van der Waals surface area contributed by atoms with E-state index in [0.717, 1.165) is 0 Å². The van der Waals surface area contributed by atoms with Gasteiger partial charge in [0.15, 0.2) is 19.7 Å². The van der Waals surface area contributed by atoms with Crippen molar-refractivity contribution in [3.8, 4) is 0 Å². The van der Waals surface area contributed by atoms with E-state index in [1.54, 1.807) is 38.1 Å². The maximum absolute atomic E-state index is 12.2. The first-order chi connectivity index (χ1) is 14.1. The van der Waals surface area contributed by atoms with Gasteiger partial charge in [0.05, 0.1) is 33.0 Å². The molecule has 0 amide bonds. The number of aliphatic hydroxyl groups is 2. The van der Waals surface area contributed by atoms with Gasteiger partial charge in [0.25, 0.3) is 0 Å². The number of anilines is 2. The van der Waals surface area contributed by atoms with Gasteiger partial charge in [0.2, 0.25) is 0 Å². The maximum atomic E-state index is 12.2. The number of benzene rings is 2. The van der Waals surface area contributed by atoms with E-state index in [-0.39, 0.29) is 9.79 Å². The van der Waals surface area contributed by atoms with Crippen molar-refractivity contribution in [2.24, 2.45) is 0 Å². The molecule has 31 heavy (non-hydrogen) atoms. The van der Waals surface area contributed by atoms with Crippen LogP contribution in [0.15, 0.2) is 46.2 Å². The zero-order valence-electron chi connectivity index (χ0n) is 18.5. The Balaban J connectivity index is 0.000000311. The molecule has 2 aromatic carbocycles. The second-order valence-electron chi connectivity index (χ2n) is 8.01. The molecular formula is C21H32N2O6S2. The first-order valence-corrected chi connectivity index (χ1v) is 12.6. The Hall–Kier alpha value is -2.14. The highest BCUT2D eigenvalue weighted by Crippen LogP contribution is 2.28. The largest absolute Gasteiger partial charge is 0.399 e. The fourth-order valence-electron chi connectivity index (χ4n) is 2.53. The van der Waals surface area contributed by atoms with Crippen LogP contribution in [-0.2, 0) is 19.7 Å². The van der Waals surface area contributed by atoms with Gasteiger partial charge in [-0.2, -0.15) is 0 Å². The highest BCUT2D eigenvalue weighted by Gasteiger charge is 2.36. The Morgan fingerprint density at radius 2 is 1.29 bits per heavy atom. The zero-order chi connectivity index (χ0) is 24.2. The van der Waals surface area contributed by atoms with Crippen LogP contribution in [0.1, 0.15) is 31.9 Å². The monoisotopic (exact) mass is 472 g/mol. The van der Waals surface area contributed by atoms with Crippen molar-refractivity contribution in [2.45, 2.75) is 54.4 Å². The Kier molecular flexibility index (Phi) is 8.67. The van der Waals surface area contributed by atoms with Crippen LogP contribution < -0.4 is 11.5 Å².